The molecule has 4 nitrogen and oxygen atoms in total. The van der Waals surface area contributed by atoms with Crippen LogP contribution in [0.1, 0.15) is 24.0 Å². The minimum absolute atomic E-state index is 0.0933. The molecule has 1 aliphatic rings. The van der Waals surface area contributed by atoms with Gasteiger partial charge < -0.3 is 10.1 Å². The molecule has 1 unspecified atom stereocenters. The molecular weight excluding hydrogens is 312 g/mol. The third-order valence-electron chi connectivity index (χ3n) is 4.81. The highest BCUT2D eigenvalue weighted by Gasteiger charge is 2.26. The number of amides is 1. The molecule has 0 radical (unpaired) electrons. The summed E-state index contributed by atoms with van der Waals surface area (Å²) in [5, 5.41) is 3.03. The van der Waals surface area contributed by atoms with E-state index >= 15 is 0 Å². The fourth-order valence-electron chi connectivity index (χ4n) is 3.41. The first-order valence-electron chi connectivity index (χ1n) is 8.92. The molecule has 0 saturated carbocycles. The van der Waals surface area contributed by atoms with E-state index in [2.05, 4.69) is 34.5 Å². The Morgan fingerprint density at radius 3 is 2.60 bits per heavy atom. The lowest BCUT2D eigenvalue weighted by Gasteiger charge is -2.24. The fourth-order valence-corrected chi connectivity index (χ4v) is 3.41. The lowest BCUT2D eigenvalue weighted by molar-refractivity contribution is -0.122. The van der Waals surface area contributed by atoms with Crippen LogP contribution in [0.2, 0.25) is 0 Å². The SMILES string of the molecule is COc1ccc(CNC(=O)CN2CCCC2Cc2ccccc2)cc1. The van der Waals surface area contributed by atoms with Crippen LogP contribution in [0.25, 0.3) is 0 Å². The van der Waals surface area contributed by atoms with E-state index in [-0.39, 0.29) is 5.91 Å². The molecule has 2 aromatic rings. The Balaban J connectivity index is 1.47. The summed E-state index contributed by atoms with van der Waals surface area (Å²) in [6.07, 6.45) is 3.36. The summed E-state index contributed by atoms with van der Waals surface area (Å²) in [7, 11) is 1.65. The van der Waals surface area contributed by atoms with Crippen LogP contribution in [0, 0.1) is 0 Å². The van der Waals surface area contributed by atoms with Gasteiger partial charge >= 0.3 is 0 Å². The second kappa shape index (κ2) is 8.67. The zero-order chi connectivity index (χ0) is 17.5. The van der Waals surface area contributed by atoms with Crippen LogP contribution in [0.15, 0.2) is 54.6 Å². The average Bonchev–Trinajstić information content (AvgIpc) is 3.08. The zero-order valence-electron chi connectivity index (χ0n) is 14.8. The molecule has 0 aromatic heterocycles. The topological polar surface area (TPSA) is 41.6 Å². The maximum Gasteiger partial charge on any atom is 0.234 e. The van der Waals surface area contributed by atoms with E-state index in [4.69, 9.17) is 4.74 Å². The fraction of sp³-hybridized carbons (Fsp3) is 0.381. The number of ether oxygens (including phenoxy) is 1. The molecule has 3 rings (SSSR count). The van der Waals surface area contributed by atoms with Crippen molar-refractivity contribution in [3.05, 3.63) is 65.7 Å². The molecule has 1 atom stereocenters. The lowest BCUT2D eigenvalue weighted by atomic mass is 10.0. The van der Waals surface area contributed by atoms with Gasteiger partial charge in [-0.15, -0.1) is 0 Å². The molecular formula is C21H26N2O2. The lowest BCUT2D eigenvalue weighted by Crippen LogP contribution is -2.40. The van der Waals surface area contributed by atoms with E-state index in [1.165, 1.54) is 18.4 Å². The molecule has 1 fully saturated rings. The molecule has 132 valence electrons. The number of benzene rings is 2. The van der Waals surface area contributed by atoms with E-state index in [1.807, 2.05) is 30.3 Å². The molecule has 25 heavy (non-hydrogen) atoms. The number of hydrogen-bond acceptors (Lipinski definition) is 3. The van der Waals surface area contributed by atoms with Gasteiger partial charge in [0.25, 0.3) is 0 Å². The molecule has 1 amide bonds. The number of nitrogens with zero attached hydrogens (tertiary/aromatic N) is 1. The summed E-state index contributed by atoms with van der Waals surface area (Å²) < 4.78 is 5.15. The van der Waals surface area contributed by atoms with E-state index in [9.17, 15) is 4.79 Å². The Labute approximate surface area is 149 Å². The van der Waals surface area contributed by atoms with Gasteiger partial charge in [0.15, 0.2) is 0 Å². The maximum absolute atomic E-state index is 12.3. The Morgan fingerprint density at radius 1 is 1.12 bits per heavy atom. The Morgan fingerprint density at radius 2 is 1.88 bits per heavy atom. The highest BCUT2D eigenvalue weighted by Crippen LogP contribution is 2.20. The van der Waals surface area contributed by atoms with Crippen LogP contribution < -0.4 is 10.1 Å². The van der Waals surface area contributed by atoms with Gasteiger partial charge in [0.1, 0.15) is 5.75 Å². The van der Waals surface area contributed by atoms with Gasteiger partial charge in [-0.05, 0) is 49.1 Å². The number of hydrogen-bond donors (Lipinski definition) is 1. The third-order valence-corrected chi connectivity index (χ3v) is 4.81. The minimum atomic E-state index is 0.0933. The second-order valence-corrected chi connectivity index (χ2v) is 6.58. The van der Waals surface area contributed by atoms with E-state index in [0.29, 0.717) is 19.1 Å². The van der Waals surface area contributed by atoms with E-state index < -0.39 is 0 Å². The van der Waals surface area contributed by atoms with Gasteiger partial charge in [0.2, 0.25) is 5.91 Å². The van der Waals surface area contributed by atoms with Crippen molar-refractivity contribution < 1.29 is 9.53 Å². The van der Waals surface area contributed by atoms with Crippen molar-refractivity contribution in [2.24, 2.45) is 0 Å². The standard InChI is InChI=1S/C21H26N2O2/c1-25-20-11-9-18(10-12-20)15-22-21(24)16-23-13-5-8-19(23)14-17-6-3-2-4-7-17/h2-4,6-7,9-12,19H,5,8,13-16H2,1H3,(H,22,24). The second-order valence-electron chi connectivity index (χ2n) is 6.58. The number of nitrogens with one attached hydrogen (secondary N) is 1. The Hall–Kier alpha value is -2.33. The minimum Gasteiger partial charge on any atom is -0.497 e. The molecule has 2 aromatic carbocycles. The number of likely N-dealkylation sites (tertiary alicyclic amines) is 1. The number of rotatable bonds is 7. The monoisotopic (exact) mass is 338 g/mol. The van der Waals surface area contributed by atoms with Gasteiger partial charge in [0, 0.05) is 12.6 Å². The molecule has 1 heterocycles. The highest BCUT2D eigenvalue weighted by molar-refractivity contribution is 5.78. The molecule has 1 saturated heterocycles. The smallest absolute Gasteiger partial charge is 0.234 e. The predicted octanol–water partition coefficient (Wildman–Crippen LogP) is 3.02. The maximum atomic E-state index is 12.3. The highest BCUT2D eigenvalue weighted by atomic mass is 16.5. The van der Waals surface area contributed by atoms with Crippen molar-refractivity contribution in [2.45, 2.75) is 31.8 Å². The summed E-state index contributed by atoms with van der Waals surface area (Å²) >= 11 is 0. The summed E-state index contributed by atoms with van der Waals surface area (Å²) in [6.45, 7) is 2.04. The van der Waals surface area contributed by atoms with Crippen molar-refractivity contribution >= 4 is 5.91 Å². The molecule has 1 N–H and O–H groups in total. The summed E-state index contributed by atoms with van der Waals surface area (Å²) in [5.41, 5.74) is 2.43. The first-order chi connectivity index (χ1) is 12.2. The molecule has 1 aliphatic heterocycles. The number of carbonyl (C=O) groups excluding carboxylic acids is 1. The van der Waals surface area contributed by atoms with E-state index in [1.54, 1.807) is 7.11 Å². The van der Waals surface area contributed by atoms with Crippen molar-refractivity contribution in [2.75, 3.05) is 20.2 Å². The third kappa shape index (κ3) is 5.07. The van der Waals surface area contributed by atoms with Crippen LogP contribution in [-0.4, -0.2) is 37.0 Å². The first kappa shape index (κ1) is 17.5. The zero-order valence-corrected chi connectivity index (χ0v) is 14.8. The van der Waals surface area contributed by atoms with Crippen molar-refractivity contribution in [1.29, 1.82) is 0 Å². The summed E-state index contributed by atoms with van der Waals surface area (Å²) in [5.74, 6) is 0.923. The van der Waals surface area contributed by atoms with Crippen LogP contribution in [-0.2, 0) is 17.8 Å². The van der Waals surface area contributed by atoms with Gasteiger partial charge in [-0.2, -0.15) is 0 Å². The Kier molecular flexibility index (Phi) is 6.07. The average molecular weight is 338 g/mol. The number of methoxy groups -OCH3 is 1. The van der Waals surface area contributed by atoms with Gasteiger partial charge in [-0.25, -0.2) is 0 Å². The normalized spacial score (nSPS) is 17.4. The van der Waals surface area contributed by atoms with Gasteiger partial charge in [0.05, 0.1) is 13.7 Å². The van der Waals surface area contributed by atoms with Crippen LogP contribution >= 0.6 is 0 Å². The van der Waals surface area contributed by atoms with Gasteiger partial charge in [-0.3, -0.25) is 9.69 Å². The van der Waals surface area contributed by atoms with Crippen molar-refractivity contribution in [1.82, 2.24) is 10.2 Å². The van der Waals surface area contributed by atoms with Crippen LogP contribution in [0.5, 0.6) is 5.75 Å². The summed E-state index contributed by atoms with van der Waals surface area (Å²) in [4.78, 5) is 14.6. The van der Waals surface area contributed by atoms with Crippen LogP contribution in [0.4, 0.5) is 0 Å². The molecule has 0 bridgehead atoms. The largest absolute Gasteiger partial charge is 0.497 e. The number of carbonyl (C=O) groups is 1. The molecule has 4 heteroatoms. The van der Waals surface area contributed by atoms with Crippen LogP contribution in [0.3, 0.4) is 0 Å². The van der Waals surface area contributed by atoms with E-state index in [0.717, 1.165) is 24.3 Å². The first-order valence-corrected chi connectivity index (χ1v) is 8.92. The predicted molar refractivity (Wildman–Crippen MR) is 99.6 cm³/mol. The van der Waals surface area contributed by atoms with Crippen molar-refractivity contribution in [3.63, 3.8) is 0 Å². The molecule has 0 aliphatic carbocycles. The summed E-state index contributed by atoms with van der Waals surface area (Å²) in [6, 6.07) is 18.8. The Bertz CT molecular complexity index is 670. The molecule has 0 spiro atoms. The quantitative estimate of drug-likeness (QED) is 0.844. The van der Waals surface area contributed by atoms with Crippen molar-refractivity contribution in [3.8, 4) is 5.75 Å². The van der Waals surface area contributed by atoms with Gasteiger partial charge in [-0.1, -0.05) is 42.5 Å².